The SMILES string of the molecule is N#Cc1c[nH]cc1-c1ccc2ccccc2n1. The van der Waals surface area contributed by atoms with Crippen molar-refractivity contribution in [3.63, 3.8) is 0 Å². The van der Waals surface area contributed by atoms with Gasteiger partial charge < -0.3 is 4.98 Å². The highest BCUT2D eigenvalue weighted by molar-refractivity contribution is 5.82. The van der Waals surface area contributed by atoms with Crippen LogP contribution in [0, 0.1) is 11.3 Å². The molecule has 0 saturated carbocycles. The molecule has 0 aliphatic heterocycles. The van der Waals surface area contributed by atoms with Crippen LogP contribution in [0.1, 0.15) is 5.56 Å². The Bertz CT molecular complexity index is 719. The fourth-order valence-corrected chi connectivity index (χ4v) is 1.88. The number of benzene rings is 1. The van der Waals surface area contributed by atoms with Crippen LogP contribution >= 0.6 is 0 Å². The number of pyridine rings is 1. The smallest absolute Gasteiger partial charge is 0.101 e. The molecular formula is C14H9N3. The van der Waals surface area contributed by atoms with Crippen LogP contribution in [0.25, 0.3) is 22.2 Å². The third-order valence-corrected chi connectivity index (χ3v) is 2.74. The number of hydrogen-bond donors (Lipinski definition) is 1. The summed E-state index contributed by atoms with van der Waals surface area (Å²) in [5, 5.41) is 10.1. The molecule has 0 bridgehead atoms. The lowest BCUT2D eigenvalue weighted by Crippen LogP contribution is -1.85. The summed E-state index contributed by atoms with van der Waals surface area (Å²) < 4.78 is 0. The number of nitriles is 1. The highest BCUT2D eigenvalue weighted by atomic mass is 14.7. The van der Waals surface area contributed by atoms with Gasteiger partial charge in [-0.1, -0.05) is 24.3 Å². The van der Waals surface area contributed by atoms with Crippen LogP contribution in [0.4, 0.5) is 0 Å². The average Bonchev–Trinajstić information content (AvgIpc) is 2.86. The Morgan fingerprint density at radius 1 is 1.06 bits per heavy atom. The second-order valence-corrected chi connectivity index (χ2v) is 3.78. The summed E-state index contributed by atoms with van der Waals surface area (Å²) in [5.41, 5.74) is 3.22. The van der Waals surface area contributed by atoms with Gasteiger partial charge in [0.25, 0.3) is 0 Å². The largest absolute Gasteiger partial charge is 0.366 e. The number of H-pyrrole nitrogens is 1. The lowest BCUT2D eigenvalue weighted by molar-refractivity contribution is 1.38. The average molecular weight is 219 g/mol. The highest BCUT2D eigenvalue weighted by Gasteiger charge is 2.07. The van der Waals surface area contributed by atoms with Crippen LogP contribution in [0.5, 0.6) is 0 Å². The first-order valence-corrected chi connectivity index (χ1v) is 5.31. The van der Waals surface area contributed by atoms with Gasteiger partial charge >= 0.3 is 0 Å². The van der Waals surface area contributed by atoms with Crippen LogP contribution in [0.2, 0.25) is 0 Å². The summed E-state index contributed by atoms with van der Waals surface area (Å²) in [6, 6.07) is 14.0. The first-order valence-electron chi connectivity index (χ1n) is 5.31. The number of nitrogens with one attached hydrogen (secondary N) is 1. The Hall–Kier alpha value is -2.60. The van der Waals surface area contributed by atoms with E-state index >= 15 is 0 Å². The number of aromatic nitrogens is 2. The van der Waals surface area contributed by atoms with Crippen molar-refractivity contribution < 1.29 is 0 Å². The summed E-state index contributed by atoms with van der Waals surface area (Å²) >= 11 is 0. The Kier molecular flexibility index (Phi) is 2.13. The minimum Gasteiger partial charge on any atom is -0.366 e. The number of hydrogen-bond acceptors (Lipinski definition) is 2. The van der Waals surface area contributed by atoms with Gasteiger partial charge in [0.1, 0.15) is 6.07 Å². The van der Waals surface area contributed by atoms with Crippen molar-refractivity contribution in [2.75, 3.05) is 0 Å². The summed E-state index contributed by atoms with van der Waals surface area (Å²) in [4.78, 5) is 7.49. The van der Waals surface area contributed by atoms with Gasteiger partial charge in [-0.2, -0.15) is 5.26 Å². The molecule has 3 rings (SSSR count). The van der Waals surface area contributed by atoms with Gasteiger partial charge in [-0.3, -0.25) is 0 Å². The molecule has 17 heavy (non-hydrogen) atoms. The van der Waals surface area contributed by atoms with Crippen LogP contribution in [-0.2, 0) is 0 Å². The second kappa shape index (κ2) is 3.76. The van der Waals surface area contributed by atoms with Gasteiger partial charge in [0.2, 0.25) is 0 Å². The second-order valence-electron chi connectivity index (χ2n) is 3.78. The van der Waals surface area contributed by atoms with Crippen molar-refractivity contribution in [2.45, 2.75) is 0 Å². The van der Waals surface area contributed by atoms with Crippen LogP contribution in [-0.4, -0.2) is 9.97 Å². The summed E-state index contributed by atoms with van der Waals surface area (Å²) in [6.07, 6.45) is 3.49. The number of rotatable bonds is 1. The maximum Gasteiger partial charge on any atom is 0.101 e. The molecule has 2 aromatic heterocycles. The van der Waals surface area contributed by atoms with Gasteiger partial charge in [-0.15, -0.1) is 0 Å². The van der Waals surface area contributed by atoms with Gasteiger partial charge in [-0.25, -0.2) is 4.98 Å². The van der Waals surface area contributed by atoms with E-state index in [1.807, 2.05) is 36.4 Å². The molecule has 0 aliphatic rings. The molecular weight excluding hydrogens is 210 g/mol. The van der Waals surface area contributed by atoms with Crippen molar-refractivity contribution in [3.05, 3.63) is 54.4 Å². The Morgan fingerprint density at radius 3 is 2.82 bits per heavy atom. The van der Waals surface area contributed by atoms with Crippen molar-refractivity contribution in [1.29, 1.82) is 5.26 Å². The Labute approximate surface area is 98.4 Å². The van der Waals surface area contributed by atoms with Crippen LogP contribution in [0.15, 0.2) is 48.8 Å². The zero-order valence-electron chi connectivity index (χ0n) is 9.01. The highest BCUT2D eigenvalue weighted by Crippen LogP contribution is 2.23. The topological polar surface area (TPSA) is 52.5 Å². The van der Waals surface area contributed by atoms with Gasteiger partial charge in [0.15, 0.2) is 0 Å². The quantitative estimate of drug-likeness (QED) is 0.683. The van der Waals surface area contributed by atoms with E-state index in [9.17, 15) is 0 Å². The zero-order chi connectivity index (χ0) is 11.7. The van der Waals surface area contributed by atoms with E-state index in [0.717, 1.165) is 22.2 Å². The number of aromatic amines is 1. The summed E-state index contributed by atoms with van der Waals surface area (Å²) in [7, 11) is 0. The van der Waals surface area contributed by atoms with Crippen molar-refractivity contribution in [3.8, 4) is 17.3 Å². The standard InChI is InChI=1S/C14H9N3/c15-7-11-8-16-9-12(11)14-6-5-10-3-1-2-4-13(10)17-14/h1-6,8-9,16H. The molecule has 0 aliphatic carbocycles. The predicted molar refractivity (Wildman–Crippen MR) is 66.2 cm³/mol. The minimum atomic E-state index is 0.618. The molecule has 0 amide bonds. The molecule has 80 valence electrons. The van der Waals surface area contributed by atoms with E-state index in [4.69, 9.17) is 5.26 Å². The minimum absolute atomic E-state index is 0.618. The zero-order valence-corrected chi connectivity index (χ0v) is 9.01. The van der Waals surface area contributed by atoms with E-state index in [2.05, 4.69) is 16.0 Å². The molecule has 0 unspecified atom stereocenters. The third kappa shape index (κ3) is 1.56. The number of fused-ring (bicyclic) bond motifs is 1. The molecule has 0 fully saturated rings. The number of para-hydroxylation sites is 1. The lowest BCUT2D eigenvalue weighted by atomic mass is 10.1. The summed E-state index contributed by atoms with van der Waals surface area (Å²) in [6.45, 7) is 0. The number of nitrogens with zero attached hydrogens (tertiary/aromatic N) is 2. The van der Waals surface area contributed by atoms with Gasteiger partial charge in [0, 0.05) is 23.3 Å². The van der Waals surface area contributed by atoms with E-state index in [1.54, 1.807) is 12.4 Å². The van der Waals surface area contributed by atoms with Gasteiger partial charge in [0.05, 0.1) is 16.8 Å². The van der Waals surface area contributed by atoms with Gasteiger partial charge in [-0.05, 0) is 12.1 Å². The Balaban J connectivity index is 2.22. The van der Waals surface area contributed by atoms with E-state index in [0.29, 0.717) is 5.56 Å². The third-order valence-electron chi connectivity index (χ3n) is 2.74. The molecule has 0 saturated heterocycles. The van der Waals surface area contributed by atoms with E-state index in [1.165, 1.54) is 0 Å². The van der Waals surface area contributed by atoms with Crippen LogP contribution in [0.3, 0.4) is 0 Å². The van der Waals surface area contributed by atoms with Crippen molar-refractivity contribution in [1.82, 2.24) is 9.97 Å². The maximum atomic E-state index is 8.98. The maximum absolute atomic E-state index is 8.98. The normalized spacial score (nSPS) is 10.3. The Morgan fingerprint density at radius 2 is 1.94 bits per heavy atom. The van der Waals surface area contributed by atoms with Crippen molar-refractivity contribution in [2.24, 2.45) is 0 Å². The molecule has 3 aromatic rings. The monoisotopic (exact) mass is 219 g/mol. The summed E-state index contributed by atoms with van der Waals surface area (Å²) in [5.74, 6) is 0. The first kappa shape index (κ1) is 9.61. The van der Waals surface area contributed by atoms with Crippen molar-refractivity contribution >= 4 is 10.9 Å². The molecule has 1 N–H and O–H groups in total. The molecule has 0 radical (unpaired) electrons. The molecule has 0 spiro atoms. The van der Waals surface area contributed by atoms with E-state index < -0.39 is 0 Å². The van der Waals surface area contributed by atoms with Crippen LogP contribution < -0.4 is 0 Å². The molecule has 0 atom stereocenters. The molecule has 3 heteroatoms. The fraction of sp³-hybridized carbons (Fsp3) is 0. The molecule has 2 heterocycles. The fourth-order valence-electron chi connectivity index (χ4n) is 1.88. The van der Waals surface area contributed by atoms with E-state index in [-0.39, 0.29) is 0 Å². The lowest BCUT2D eigenvalue weighted by Gasteiger charge is -2.01. The molecule has 3 nitrogen and oxygen atoms in total. The molecule has 1 aromatic carbocycles. The predicted octanol–water partition coefficient (Wildman–Crippen LogP) is 3.10. The first-order chi connectivity index (χ1) is 8.38.